The van der Waals surface area contributed by atoms with Crippen LogP contribution in [-0.4, -0.2) is 48.0 Å². The van der Waals surface area contributed by atoms with E-state index in [2.05, 4.69) is 15.5 Å². The summed E-state index contributed by atoms with van der Waals surface area (Å²) < 4.78 is 12.6. The highest BCUT2D eigenvalue weighted by Gasteiger charge is 2.30. The molecule has 1 amide bonds. The number of nitrogens with one attached hydrogen (secondary N) is 1. The zero-order valence-electron chi connectivity index (χ0n) is 14.8. The highest BCUT2D eigenvalue weighted by atomic mass is 16.6. The molecule has 0 spiro atoms. The van der Waals surface area contributed by atoms with E-state index in [1.54, 1.807) is 32.8 Å². The highest BCUT2D eigenvalue weighted by Crippen LogP contribution is 2.28. The molecule has 26 heavy (non-hydrogen) atoms. The number of aromatic nitrogens is 2. The van der Waals surface area contributed by atoms with Crippen molar-refractivity contribution in [2.45, 2.75) is 25.5 Å². The van der Waals surface area contributed by atoms with Crippen molar-refractivity contribution in [3.63, 3.8) is 0 Å². The maximum atomic E-state index is 12.3. The second-order valence-electron chi connectivity index (χ2n) is 5.85. The van der Waals surface area contributed by atoms with Crippen LogP contribution in [0.2, 0.25) is 0 Å². The van der Waals surface area contributed by atoms with Crippen molar-refractivity contribution in [3.8, 4) is 11.5 Å². The average molecular weight is 358 g/mol. The predicted molar refractivity (Wildman–Crippen MR) is 95.4 cm³/mol. The monoisotopic (exact) mass is 358 g/mol. The summed E-state index contributed by atoms with van der Waals surface area (Å²) in [4.78, 5) is 21.6. The number of amides is 1. The van der Waals surface area contributed by atoms with Crippen LogP contribution in [0.25, 0.3) is 0 Å². The second-order valence-corrected chi connectivity index (χ2v) is 5.85. The molecule has 0 saturated heterocycles. The van der Waals surface area contributed by atoms with Crippen LogP contribution in [0.15, 0.2) is 42.1 Å². The van der Waals surface area contributed by atoms with Gasteiger partial charge in [-0.3, -0.25) is 4.79 Å². The van der Waals surface area contributed by atoms with Gasteiger partial charge in [-0.2, -0.15) is 0 Å². The van der Waals surface area contributed by atoms with Gasteiger partial charge in [0.1, 0.15) is 11.5 Å². The smallest absolute Gasteiger partial charge is 0.264 e. The predicted octanol–water partition coefficient (Wildman–Crippen LogP) is 1.60. The molecule has 1 aliphatic rings. The Hall–Kier alpha value is -3.03. The van der Waals surface area contributed by atoms with Crippen LogP contribution in [0.3, 0.4) is 0 Å². The molecular weight excluding hydrogens is 336 g/mol. The van der Waals surface area contributed by atoms with Gasteiger partial charge in [-0.25, -0.2) is 4.98 Å². The van der Waals surface area contributed by atoms with E-state index >= 15 is 0 Å². The van der Waals surface area contributed by atoms with Gasteiger partial charge in [0.2, 0.25) is 6.10 Å². The third-order valence-electron chi connectivity index (χ3n) is 4.13. The number of methoxy groups -OCH3 is 2. The van der Waals surface area contributed by atoms with Crippen LogP contribution in [0.1, 0.15) is 18.4 Å². The molecule has 1 aromatic heterocycles. The molecular formula is C18H22N4O4. The molecule has 138 valence electrons. The number of hydrogen-bond acceptors (Lipinski definition) is 6. The van der Waals surface area contributed by atoms with Crippen LogP contribution in [0.4, 0.5) is 0 Å². The summed E-state index contributed by atoms with van der Waals surface area (Å²) >= 11 is 0. The lowest BCUT2D eigenvalue weighted by Gasteiger charge is -2.11. The summed E-state index contributed by atoms with van der Waals surface area (Å²) in [5, 5.41) is 6.95. The number of carbonyl (C=O) groups excluding carboxylic acids is 1. The molecule has 1 N–H and O–H groups in total. The van der Waals surface area contributed by atoms with Crippen LogP contribution >= 0.6 is 0 Å². The summed E-state index contributed by atoms with van der Waals surface area (Å²) in [7, 11) is 3.19. The van der Waals surface area contributed by atoms with Crippen LogP contribution in [0, 0.1) is 0 Å². The van der Waals surface area contributed by atoms with E-state index in [-0.39, 0.29) is 5.91 Å². The molecule has 0 saturated carbocycles. The van der Waals surface area contributed by atoms with Gasteiger partial charge >= 0.3 is 0 Å². The highest BCUT2D eigenvalue weighted by molar-refractivity contribution is 6.06. The Bertz CT molecular complexity index is 774. The maximum Gasteiger partial charge on any atom is 0.264 e. The largest absolute Gasteiger partial charge is 0.497 e. The van der Waals surface area contributed by atoms with Crippen molar-refractivity contribution in [1.82, 2.24) is 14.9 Å². The number of aryl methyl sites for hydroxylation is 1. The molecule has 0 aliphatic carbocycles. The molecule has 8 heteroatoms. The molecule has 0 bridgehead atoms. The fourth-order valence-electron chi connectivity index (χ4n) is 2.72. The van der Waals surface area contributed by atoms with Crippen LogP contribution < -0.4 is 14.8 Å². The van der Waals surface area contributed by atoms with Crippen molar-refractivity contribution in [3.05, 3.63) is 42.5 Å². The lowest BCUT2D eigenvalue weighted by molar-refractivity contribution is -0.131. The van der Waals surface area contributed by atoms with E-state index in [9.17, 15) is 4.79 Å². The zero-order valence-corrected chi connectivity index (χ0v) is 14.8. The minimum atomic E-state index is -0.630. The zero-order chi connectivity index (χ0) is 18.4. The van der Waals surface area contributed by atoms with Crippen molar-refractivity contribution in [1.29, 1.82) is 0 Å². The summed E-state index contributed by atoms with van der Waals surface area (Å²) in [6, 6.07) is 5.44. The van der Waals surface area contributed by atoms with Crippen LogP contribution in [-0.2, 0) is 16.2 Å². The Kier molecular flexibility index (Phi) is 5.73. The molecule has 1 atom stereocenters. The molecule has 8 nitrogen and oxygen atoms in total. The Morgan fingerprint density at radius 3 is 3.00 bits per heavy atom. The summed E-state index contributed by atoms with van der Waals surface area (Å²) in [5.74, 6) is 1.18. The number of oxime groups is 1. The molecule has 2 aromatic rings. The fourth-order valence-corrected chi connectivity index (χ4v) is 2.72. The molecule has 1 aromatic carbocycles. The van der Waals surface area contributed by atoms with Gasteiger partial charge in [0.25, 0.3) is 5.91 Å². The number of hydrogen-bond donors (Lipinski definition) is 1. The Morgan fingerprint density at radius 1 is 1.38 bits per heavy atom. The number of nitrogens with zero attached hydrogens (tertiary/aromatic N) is 3. The molecule has 0 radical (unpaired) electrons. The van der Waals surface area contributed by atoms with Crippen molar-refractivity contribution in [2.24, 2.45) is 5.16 Å². The SMILES string of the molecule is COc1ccc(OC)c(C2=NO[C@H](C(=O)NCCCn3ccnc3)C2)c1. The number of carbonyl (C=O) groups is 1. The maximum absolute atomic E-state index is 12.3. The average Bonchev–Trinajstić information content (AvgIpc) is 3.36. The molecule has 1 aliphatic heterocycles. The van der Waals surface area contributed by atoms with Gasteiger partial charge < -0.3 is 24.2 Å². The van der Waals surface area contributed by atoms with E-state index < -0.39 is 6.10 Å². The van der Waals surface area contributed by atoms with Gasteiger partial charge in [0.05, 0.1) is 26.3 Å². The van der Waals surface area contributed by atoms with E-state index in [4.69, 9.17) is 14.3 Å². The Balaban J connectivity index is 1.52. The normalized spacial score (nSPS) is 15.9. The molecule has 0 fully saturated rings. The second kappa shape index (κ2) is 8.37. The van der Waals surface area contributed by atoms with E-state index in [1.807, 2.05) is 22.9 Å². The minimum absolute atomic E-state index is 0.170. The van der Waals surface area contributed by atoms with Crippen molar-refractivity contribution in [2.75, 3.05) is 20.8 Å². The van der Waals surface area contributed by atoms with Gasteiger partial charge in [0.15, 0.2) is 0 Å². The standard InChI is InChI=1S/C18H22N4O4/c1-24-13-4-5-16(25-2)14(10-13)15-11-17(26-21-15)18(23)20-6-3-8-22-9-7-19-12-22/h4-5,7,9-10,12,17H,3,6,8,11H2,1-2H3,(H,20,23)/t17-/m0/s1. The fraction of sp³-hybridized carbons (Fsp3) is 0.389. The Labute approximate surface area is 151 Å². The third kappa shape index (κ3) is 4.14. The van der Waals surface area contributed by atoms with Gasteiger partial charge in [-0.05, 0) is 24.6 Å². The van der Waals surface area contributed by atoms with Gasteiger partial charge in [-0.15, -0.1) is 0 Å². The van der Waals surface area contributed by atoms with Gasteiger partial charge in [-0.1, -0.05) is 5.16 Å². The molecule has 3 rings (SSSR count). The summed E-state index contributed by atoms with van der Waals surface area (Å²) in [5.41, 5.74) is 1.43. The summed E-state index contributed by atoms with van der Waals surface area (Å²) in [6.07, 6.45) is 5.95. The lowest BCUT2D eigenvalue weighted by atomic mass is 10.0. The first-order chi connectivity index (χ1) is 12.7. The van der Waals surface area contributed by atoms with Crippen molar-refractivity contribution < 1.29 is 19.1 Å². The number of rotatable bonds is 8. The summed E-state index contributed by atoms with van der Waals surface area (Å²) in [6.45, 7) is 1.36. The third-order valence-corrected chi connectivity index (χ3v) is 4.13. The minimum Gasteiger partial charge on any atom is -0.497 e. The number of benzene rings is 1. The lowest BCUT2D eigenvalue weighted by Crippen LogP contribution is -2.35. The Morgan fingerprint density at radius 2 is 2.27 bits per heavy atom. The van der Waals surface area contributed by atoms with Crippen molar-refractivity contribution >= 4 is 11.6 Å². The van der Waals surface area contributed by atoms with E-state index in [1.165, 1.54) is 0 Å². The molecule has 2 heterocycles. The topological polar surface area (TPSA) is 87.0 Å². The first-order valence-corrected chi connectivity index (χ1v) is 8.40. The van der Waals surface area contributed by atoms with Crippen LogP contribution in [0.5, 0.6) is 11.5 Å². The number of ether oxygens (including phenoxy) is 2. The van der Waals surface area contributed by atoms with E-state index in [0.717, 1.165) is 18.5 Å². The quantitative estimate of drug-likeness (QED) is 0.724. The first-order valence-electron chi connectivity index (χ1n) is 8.40. The van der Waals surface area contributed by atoms with Gasteiger partial charge in [0, 0.05) is 37.5 Å². The number of imidazole rings is 1. The first kappa shape index (κ1) is 17.8. The van der Waals surface area contributed by atoms with E-state index in [0.29, 0.717) is 30.2 Å². The molecule has 0 unspecified atom stereocenters.